The fraction of sp³-hybridized carbons (Fsp3) is 0.667. The van der Waals surface area contributed by atoms with Crippen LogP contribution in [-0.2, 0) is 0 Å². The molecule has 1 saturated carbocycles. The van der Waals surface area contributed by atoms with Crippen LogP contribution in [-0.4, -0.2) is 0 Å². The smallest absolute Gasteiger partial charge is 0.129 e. The molecule has 0 heterocycles. The van der Waals surface area contributed by atoms with Crippen molar-refractivity contribution in [1.29, 1.82) is 0 Å². The lowest BCUT2D eigenvalue weighted by Crippen LogP contribution is -2.19. The summed E-state index contributed by atoms with van der Waals surface area (Å²) in [6.07, 6.45) is 7.08. The molecular weight excluding hydrogens is 254 g/mol. The molecule has 0 spiro atoms. The van der Waals surface area contributed by atoms with Crippen LogP contribution in [0.3, 0.4) is 0 Å². The Morgan fingerprint density at radius 2 is 1.65 bits per heavy atom. The highest BCUT2D eigenvalue weighted by Crippen LogP contribution is 2.40. The second-order valence-electron chi connectivity index (χ2n) is 6.49. The quantitative estimate of drug-likeness (QED) is 0.636. The molecule has 0 amide bonds. The van der Waals surface area contributed by atoms with Gasteiger partial charge in [0.2, 0.25) is 0 Å². The van der Waals surface area contributed by atoms with Gasteiger partial charge in [-0.25, -0.2) is 8.78 Å². The van der Waals surface area contributed by atoms with Gasteiger partial charge in [0, 0.05) is 5.56 Å². The summed E-state index contributed by atoms with van der Waals surface area (Å²) in [6.45, 7) is 6.08. The van der Waals surface area contributed by atoms with Crippen molar-refractivity contribution in [2.75, 3.05) is 0 Å². The monoisotopic (exact) mass is 280 g/mol. The molecule has 2 heteroatoms. The molecule has 0 aliphatic heterocycles. The van der Waals surface area contributed by atoms with E-state index in [-0.39, 0.29) is 5.56 Å². The van der Waals surface area contributed by atoms with Crippen LogP contribution >= 0.6 is 0 Å². The van der Waals surface area contributed by atoms with E-state index in [4.69, 9.17) is 0 Å². The second kappa shape index (κ2) is 6.69. The summed E-state index contributed by atoms with van der Waals surface area (Å²) >= 11 is 0. The minimum Gasteiger partial charge on any atom is -0.207 e. The van der Waals surface area contributed by atoms with Crippen molar-refractivity contribution >= 4 is 0 Å². The van der Waals surface area contributed by atoms with Crippen molar-refractivity contribution in [3.8, 4) is 0 Å². The summed E-state index contributed by atoms with van der Waals surface area (Å²) in [5, 5.41) is 0. The summed E-state index contributed by atoms with van der Waals surface area (Å²) in [4.78, 5) is 0. The van der Waals surface area contributed by atoms with Crippen molar-refractivity contribution in [1.82, 2.24) is 0 Å². The van der Waals surface area contributed by atoms with Crippen molar-refractivity contribution in [3.05, 3.63) is 34.9 Å². The average molecular weight is 280 g/mol. The Labute approximate surface area is 121 Å². The Kier molecular flexibility index (Phi) is 5.17. The van der Waals surface area contributed by atoms with Gasteiger partial charge in [-0.15, -0.1) is 0 Å². The predicted molar refractivity (Wildman–Crippen MR) is 79.9 cm³/mol. The fourth-order valence-electron chi connectivity index (χ4n) is 3.61. The van der Waals surface area contributed by atoms with Crippen LogP contribution in [0.4, 0.5) is 8.78 Å². The highest BCUT2D eigenvalue weighted by atomic mass is 19.1. The molecule has 1 aromatic carbocycles. The van der Waals surface area contributed by atoms with Crippen LogP contribution in [0.2, 0.25) is 0 Å². The molecule has 2 rings (SSSR count). The molecule has 0 nitrogen and oxygen atoms in total. The first-order valence-electron chi connectivity index (χ1n) is 7.98. The Hall–Kier alpha value is -0.920. The van der Waals surface area contributed by atoms with Gasteiger partial charge in [0.15, 0.2) is 0 Å². The van der Waals surface area contributed by atoms with Crippen molar-refractivity contribution in [3.63, 3.8) is 0 Å². The summed E-state index contributed by atoms with van der Waals surface area (Å²) in [5.74, 6) is 1.12. The highest BCUT2D eigenvalue weighted by Gasteiger charge is 2.26. The largest absolute Gasteiger partial charge is 0.207 e. The van der Waals surface area contributed by atoms with Gasteiger partial charge in [0.05, 0.1) is 0 Å². The fourth-order valence-corrected chi connectivity index (χ4v) is 3.61. The summed E-state index contributed by atoms with van der Waals surface area (Å²) in [7, 11) is 0. The van der Waals surface area contributed by atoms with Gasteiger partial charge in [-0.1, -0.05) is 26.7 Å². The Balaban J connectivity index is 2.00. The van der Waals surface area contributed by atoms with Gasteiger partial charge in [0.25, 0.3) is 0 Å². The molecule has 112 valence electrons. The second-order valence-corrected chi connectivity index (χ2v) is 6.49. The molecule has 0 radical (unpaired) electrons. The topological polar surface area (TPSA) is 0 Å². The van der Waals surface area contributed by atoms with Crippen LogP contribution < -0.4 is 0 Å². The first-order valence-corrected chi connectivity index (χ1v) is 7.98. The van der Waals surface area contributed by atoms with Gasteiger partial charge in [-0.3, -0.25) is 0 Å². The number of rotatable bonds is 4. The molecule has 1 unspecified atom stereocenters. The van der Waals surface area contributed by atoms with Crippen LogP contribution in [0.25, 0.3) is 0 Å². The van der Waals surface area contributed by atoms with Crippen LogP contribution in [0, 0.1) is 30.4 Å². The lowest BCUT2D eigenvalue weighted by atomic mass is 9.73. The van der Waals surface area contributed by atoms with Crippen LogP contribution in [0.1, 0.15) is 69.4 Å². The van der Waals surface area contributed by atoms with E-state index >= 15 is 0 Å². The van der Waals surface area contributed by atoms with Crippen molar-refractivity contribution < 1.29 is 8.78 Å². The van der Waals surface area contributed by atoms with Gasteiger partial charge < -0.3 is 0 Å². The highest BCUT2D eigenvalue weighted by molar-refractivity contribution is 5.28. The van der Waals surface area contributed by atoms with E-state index in [0.717, 1.165) is 30.2 Å². The molecule has 0 aromatic heterocycles. The molecule has 1 aliphatic rings. The van der Waals surface area contributed by atoms with Crippen LogP contribution in [0.15, 0.2) is 12.1 Å². The third kappa shape index (κ3) is 3.39. The van der Waals surface area contributed by atoms with Crippen molar-refractivity contribution in [2.24, 2.45) is 11.8 Å². The third-order valence-corrected chi connectivity index (χ3v) is 5.10. The van der Waals surface area contributed by atoms with Crippen LogP contribution in [0.5, 0.6) is 0 Å². The lowest BCUT2D eigenvalue weighted by Gasteiger charge is -2.32. The number of hydrogen-bond acceptors (Lipinski definition) is 0. The zero-order chi connectivity index (χ0) is 14.7. The standard InChI is InChI=1S/C18H26F2/c1-4-5-12(2)14-6-8-15(9-7-14)16-10-17(19)13(3)18(20)11-16/h10-12,14-15H,4-9H2,1-3H3. The normalized spacial score (nSPS) is 24.6. The number of benzene rings is 1. The van der Waals surface area contributed by atoms with E-state index in [9.17, 15) is 8.78 Å². The first kappa shape index (κ1) is 15.5. The Bertz CT molecular complexity index is 422. The maximum atomic E-state index is 13.7. The van der Waals surface area contributed by atoms with Crippen molar-refractivity contribution in [2.45, 2.75) is 65.2 Å². The maximum absolute atomic E-state index is 13.7. The molecule has 1 fully saturated rings. The van der Waals surface area contributed by atoms with E-state index in [2.05, 4.69) is 13.8 Å². The van der Waals surface area contributed by atoms with Gasteiger partial charge in [0.1, 0.15) is 11.6 Å². The molecule has 1 aliphatic carbocycles. The molecule has 1 atom stereocenters. The minimum absolute atomic E-state index is 0.138. The summed E-state index contributed by atoms with van der Waals surface area (Å²) in [5.41, 5.74) is 0.992. The summed E-state index contributed by atoms with van der Waals surface area (Å²) in [6, 6.07) is 3.08. The lowest BCUT2D eigenvalue weighted by molar-refractivity contribution is 0.234. The third-order valence-electron chi connectivity index (χ3n) is 5.10. The van der Waals surface area contributed by atoms with Gasteiger partial charge >= 0.3 is 0 Å². The van der Waals surface area contributed by atoms with Gasteiger partial charge in [-0.05, 0) is 68.1 Å². The minimum atomic E-state index is -0.401. The Morgan fingerprint density at radius 3 is 2.15 bits per heavy atom. The SMILES string of the molecule is CCCC(C)C1CCC(c2cc(F)c(C)c(F)c2)CC1. The molecule has 0 saturated heterocycles. The zero-order valence-corrected chi connectivity index (χ0v) is 12.9. The maximum Gasteiger partial charge on any atom is 0.129 e. The number of hydrogen-bond donors (Lipinski definition) is 0. The number of halogens is 2. The molecule has 1 aromatic rings. The molecule has 20 heavy (non-hydrogen) atoms. The predicted octanol–water partition coefficient (Wildman–Crippen LogP) is 5.98. The average Bonchev–Trinajstić information content (AvgIpc) is 2.44. The summed E-state index contributed by atoms with van der Waals surface area (Å²) < 4.78 is 27.3. The van der Waals surface area contributed by atoms with E-state index in [0.29, 0.717) is 5.92 Å². The molecule has 0 bridgehead atoms. The Morgan fingerprint density at radius 1 is 1.10 bits per heavy atom. The van der Waals surface area contributed by atoms with E-state index < -0.39 is 11.6 Å². The van der Waals surface area contributed by atoms with E-state index in [1.807, 2.05) is 0 Å². The zero-order valence-electron chi connectivity index (χ0n) is 12.9. The first-order chi connectivity index (χ1) is 9.52. The molecular formula is C18H26F2. The van der Waals surface area contributed by atoms with Gasteiger partial charge in [-0.2, -0.15) is 0 Å². The van der Waals surface area contributed by atoms with E-state index in [1.165, 1.54) is 32.6 Å². The van der Waals surface area contributed by atoms with E-state index in [1.54, 1.807) is 12.1 Å². The molecule has 0 N–H and O–H groups in total.